The Labute approximate surface area is 157 Å². The minimum atomic E-state index is 0.426. The van der Waals surface area contributed by atoms with Gasteiger partial charge in [0, 0.05) is 43.8 Å². The third-order valence-electron chi connectivity index (χ3n) is 3.35. The molecule has 0 unspecified atom stereocenters. The number of carbonyl (C=O) groups is 1. The van der Waals surface area contributed by atoms with Crippen molar-refractivity contribution in [3.05, 3.63) is 41.7 Å². The van der Waals surface area contributed by atoms with Crippen LogP contribution >= 0.6 is 0 Å². The molecule has 0 aliphatic heterocycles. The number of ether oxygens (including phenoxy) is 1. The smallest absolute Gasteiger partial charge is 0.316 e. The summed E-state index contributed by atoms with van der Waals surface area (Å²) in [6, 6.07) is 8.18. The molecule has 0 aliphatic carbocycles. The topological polar surface area (TPSA) is 81.3 Å². The minimum Gasteiger partial charge on any atom is -0.467 e. The van der Waals surface area contributed by atoms with Gasteiger partial charge in [-0.15, -0.1) is 0 Å². The molecule has 1 heterocycles. The van der Waals surface area contributed by atoms with Crippen LogP contribution in [0.2, 0.25) is 0 Å². The molecule has 144 valence electrons. The highest BCUT2D eigenvalue weighted by Gasteiger charge is 1.99. The molecule has 2 aromatic rings. The number of methoxy groups -OCH3 is 1. The zero-order valence-electron chi connectivity index (χ0n) is 16.8. The number of hydrogen-bond donors (Lipinski definition) is 1. The third kappa shape index (κ3) is 10.3. The van der Waals surface area contributed by atoms with E-state index in [4.69, 9.17) is 10.5 Å². The van der Waals surface area contributed by atoms with E-state index in [9.17, 15) is 4.79 Å². The van der Waals surface area contributed by atoms with E-state index in [1.54, 1.807) is 13.3 Å². The summed E-state index contributed by atoms with van der Waals surface area (Å²) in [5, 5.41) is 0. The first-order chi connectivity index (χ1) is 12.3. The van der Waals surface area contributed by atoms with Crippen molar-refractivity contribution in [3.8, 4) is 6.01 Å². The van der Waals surface area contributed by atoms with E-state index < -0.39 is 0 Å². The van der Waals surface area contributed by atoms with Crippen molar-refractivity contribution in [1.29, 1.82) is 0 Å². The highest BCUT2D eigenvalue weighted by molar-refractivity contribution is 5.59. The predicted octanol–water partition coefficient (Wildman–Crippen LogP) is 3.81. The zero-order chi connectivity index (χ0) is 19.9. The summed E-state index contributed by atoms with van der Waals surface area (Å²) in [5.41, 5.74) is 9.81. The van der Waals surface area contributed by atoms with Gasteiger partial charge in [-0.2, -0.15) is 0 Å². The number of nitrogens with zero attached hydrogens (tertiary/aromatic N) is 3. The van der Waals surface area contributed by atoms with Gasteiger partial charge < -0.3 is 20.2 Å². The fourth-order valence-corrected chi connectivity index (χ4v) is 1.92. The molecule has 2 N–H and O–H groups in total. The number of aryl methyl sites for hydroxylation is 2. The fraction of sp³-hybridized carbons (Fsp3) is 0.450. The predicted molar refractivity (Wildman–Crippen MR) is 109 cm³/mol. The average molecular weight is 361 g/mol. The highest BCUT2D eigenvalue weighted by Crippen LogP contribution is 2.20. The van der Waals surface area contributed by atoms with Gasteiger partial charge in [-0.3, -0.25) is 0 Å². The Balaban J connectivity index is 0.000000378. The quantitative estimate of drug-likeness (QED) is 0.496. The molecule has 0 fully saturated rings. The molecule has 0 saturated heterocycles. The van der Waals surface area contributed by atoms with Crippen LogP contribution in [0.25, 0.3) is 0 Å². The van der Waals surface area contributed by atoms with E-state index in [0.717, 1.165) is 36.9 Å². The van der Waals surface area contributed by atoms with Gasteiger partial charge in [-0.05, 0) is 44.0 Å². The van der Waals surface area contributed by atoms with Gasteiger partial charge in [-0.1, -0.05) is 19.4 Å². The SMILES string of the molecule is CCCCC=O.COc1nccc(C)n1.Cc1ccc(N)cc1N(C)C. The first-order valence-electron chi connectivity index (χ1n) is 8.66. The number of carbonyl (C=O) groups excluding carboxylic acids is 1. The van der Waals surface area contributed by atoms with Crippen LogP contribution in [0.15, 0.2) is 30.5 Å². The Morgan fingerprint density at radius 1 is 1.23 bits per heavy atom. The van der Waals surface area contributed by atoms with Crippen molar-refractivity contribution >= 4 is 17.7 Å². The van der Waals surface area contributed by atoms with Crippen LogP contribution in [0.1, 0.15) is 37.4 Å². The lowest BCUT2D eigenvalue weighted by Crippen LogP contribution is -2.10. The van der Waals surface area contributed by atoms with Crippen molar-refractivity contribution in [2.75, 3.05) is 31.8 Å². The molecule has 6 heteroatoms. The molecule has 6 nitrogen and oxygen atoms in total. The second-order valence-electron chi connectivity index (χ2n) is 5.93. The second-order valence-corrected chi connectivity index (χ2v) is 5.93. The Morgan fingerprint density at radius 2 is 1.92 bits per heavy atom. The van der Waals surface area contributed by atoms with Crippen LogP contribution in [-0.4, -0.2) is 37.5 Å². The molecule has 0 bridgehead atoms. The summed E-state index contributed by atoms with van der Waals surface area (Å²) < 4.78 is 4.77. The molecule has 0 aliphatic rings. The Kier molecular flexibility index (Phi) is 12.3. The van der Waals surface area contributed by atoms with E-state index in [-0.39, 0.29) is 0 Å². The standard InChI is InChI=1S/C9H14N2.C6H8N2O.C5H10O/c1-7-4-5-8(10)6-9(7)11(2)3;1-5-3-4-7-6(8-5)9-2;1-2-3-4-5-6/h4-6H,10H2,1-3H3;3-4H,1-2H3;5H,2-4H2,1H3. The number of aromatic nitrogens is 2. The lowest BCUT2D eigenvalue weighted by molar-refractivity contribution is -0.107. The zero-order valence-corrected chi connectivity index (χ0v) is 16.8. The van der Waals surface area contributed by atoms with Crippen molar-refractivity contribution in [2.24, 2.45) is 0 Å². The average Bonchev–Trinajstić information content (AvgIpc) is 2.62. The molecule has 26 heavy (non-hydrogen) atoms. The molecule has 0 atom stereocenters. The number of nitrogens with two attached hydrogens (primary N) is 1. The monoisotopic (exact) mass is 360 g/mol. The molecule has 0 amide bonds. The molecule has 2 rings (SSSR count). The Bertz CT molecular complexity index is 645. The van der Waals surface area contributed by atoms with Crippen molar-refractivity contribution < 1.29 is 9.53 Å². The first-order valence-corrected chi connectivity index (χ1v) is 8.66. The number of hydrogen-bond acceptors (Lipinski definition) is 6. The number of nitrogen functional groups attached to an aromatic ring is 1. The van der Waals surface area contributed by atoms with Gasteiger partial charge in [0.25, 0.3) is 0 Å². The van der Waals surface area contributed by atoms with E-state index in [2.05, 4.69) is 28.7 Å². The Morgan fingerprint density at radius 3 is 2.31 bits per heavy atom. The van der Waals surface area contributed by atoms with E-state index in [0.29, 0.717) is 6.01 Å². The van der Waals surface area contributed by atoms with Gasteiger partial charge >= 0.3 is 6.01 Å². The normalized spacial score (nSPS) is 9.15. The maximum Gasteiger partial charge on any atom is 0.316 e. The van der Waals surface area contributed by atoms with Crippen LogP contribution in [0.5, 0.6) is 6.01 Å². The second kappa shape index (κ2) is 13.6. The number of rotatable bonds is 5. The van der Waals surface area contributed by atoms with E-state index in [1.807, 2.05) is 45.3 Å². The van der Waals surface area contributed by atoms with Gasteiger partial charge in [0.05, 0.1) is 7.11 Å². The van der Waals surface area contributed by atoms with Crippen molar-refractivity contribution in [1.82, 2.24) is 9.97 Å². The summed E-state index contributed by atoms with van der Waals surface area (Å²) in [6.45, 7) is 6.04. The summed E-state index contributed by atoms with van der Waals surface area (Å²) in [6.07, 6.45) is 5.53. The Hall–Kier alpha value is -2.63. The largest absolute Gasteiger partial charge is 0.467 e. The lowest BCUT2D eigenvalue weighted by atomic mass is 10.2. The first kappa shape index (κ1) is 23.4. The summed E-state index contributed by atoms with van der Waals surface area (Å²) in [5.74, 6) is 0. The molecular weight excluding hydrogens is 328 g/mol. The highest BCUT2D eigenvalue weighted by atomic mass is 16.5. The van der Waals surface area contributed by atoms with Crippen LogP contribution in [0, 0.1) is 13.8 Å². The van der Waals surface area contributed by atoms with E-state index in [1.165, 1.54) is 11.3 Å². The molecular formula is C20H32N4O2. The van der Waals surface area contributed by atoms with Gasteiger partial charge in [0.2, 0.25) is 0 Å². The summed E-state index contributed by atoms with van der Waals surface area (Å²) in [4.78, 5) is 19.4. The summed E-state index contributed by atoms with van der Waals surface area (Å²) in [7, 11) is 5.58. The number of benzene rings is 1. The fourth-order valence-electron chi connectivity index (χ4n) is 1.92. The van der Waals surface area contributed by atoms with Crippen molar-refractivity contribution in [3.63, 3.8) is 0 Å². The lowest BCUT2D eigenvalue weighted by Gasteiger charge is -2.15. The number of unbranched alkanes of at least 4 members (excludes halogenated alkanes) is 2. The van der Waals surface area contributed by atoms with Gasteiger partial charge in [0.15, 0.2) is 0 Å². The summed E-state index contributed by atoms with van der Waals surface area (Å²) >= 11 is 0. The molecule has 0 radical (unpaired) electrons. The molecule has 0 spiro atoms. The molecule has 0 saturated carbocycles. The van der Waals surface area contributed by atoms with E-state index >= 15 is 0 Å². The van der Waals surface area contributed by atoms with Gasteiger partial charge in [-0.25, -0.2) is 9.97 Å². The minimum absolute atomic E-state index is 0.426. The van der Waals surface area contributed by atoms with Crippen LogP contribution in [-0.2, 0) is 4.79 Å². The van der Waals surface area contributed by atoms with Crippen LogP contribution < -0.4 is 15.4 Å². The maximum absolute atomic E-state index is 9.56. The third-order valence-corrected chi connectivity index (χ3v) is 3.35. The maximum atomic E-state index is 9.56. The number of anilines is 2. The van der Waals surface area contributed by atoms with Crippen molar-refractivity contribution in [2.45, 2.75) is 40.0 Å². The van der Waals surface area contributed by atoms with Crippen LogP contribution in [0.4, 0.5) is 11.4 Å². The molecule has 1 aromatic carbocycles. The van der Waals surface area contributed by atoms with Crippen LogP contribution in [0.3, 0.4) is 0 Å². The van der Waals surface area contributed by atoms with Gasteiger partial charge in [0.1, 0.15) is 6.29 Å². The number of aldehydes is 1. The molecule has 1 aromatic heterocycles.